The van der Waals surface area contributed by atoms with E-state index < -0.39 is 5.91 Å². The number of hydrogen-bond donors (Lipinski definition) is 1. The number of carbonyl (C=O) groups excluding carboxylic acids is 1. The number of primary amides is 1. The average molecular weight is 277 g/mol. The van der Waals surface area contributed by atoms with Crippen LogP contribution in [0.4, 0.5) is 0 Å². The van der Waals surface area contributed by atoms with E-state index in [0.29, 0.717) is 11.3 Å². The molecular formula is C17H15N3O. The molecule has 2 heterocycles. The van der Waals surface area contributed by atoms with E-state index in [1.807, 2.05) is 44.2 Å². The molecule has 0 unspecified atom stereocenters. The van der Waals surface area contributed by atoms with Gasteiger partial charge in [0.25, 0.3) is 5.91 Å². The number of rotatable bonds is 2. The van der Waals surface area contributed by atoms with Crippen molar-refractivity contribution >= 4 is 16.8 Å². The number of hydrogen-bond acceptors (Lipinski definition) is 3. The molecule has 2 N–H and O–H groups in total. The first-order valence-electron chi connectivity index (χ1n) is 6.69. The Kier molecular flexibility index (Phi) is 3.14. The molecule has 0 radical (unpaired) electrons. The molecule has 3 rings (SSSR count). The average Bonchev–Trinajstić information content (AvgIpc) is 2.46. The van der Waals surface area contributed by atoms with Gasteiger partial charge in [-0.05, 0) is 43.7 Å². The molecule has 4 heteroatoms. The third-order valence-electron chi connectivity index (χ3n) is 3.51. The van der Waals surface area contributed by atoms with Gasteiger partial charge in [0.1, 0.15) is 0 Å². The molecule has 104 valence electrons. The minimum Gasteiger partial charge on any atom is -0.366 e. The summed E-state index contributed by atoms with van der Waals surface area (Å²) in [5.41, 5.74) is 10.2. The minimum absolute atomic E-state index is 0.460. The number of pyridine rings is 2. The maximum Gasteiger partial charge on any atom is 0.251 e. The highest BCUT2D eigenvalue weighted by Crippen LogP contribution is 2.26. The van der Waals surface area contributed by atoms with Crippen molar-refractivity contribution in [2.45, 2.75) is 13.8 Å². The molecule has 1 amide bonds. The number of carbonyl (C=O) groups is 1. The molecule has 4 nitrogen and oxygen atoms in total. The Bertz CT molecular complexity index is 856. The zero-order valence-electron chi connectivity index (χ0n) is 11.9. The zero-order valence-corrected chi connectivity index (χ0v) is 11.9. The van der Waals surface area contributed by atoms with Gasteiger partial charge in [-0.2, -0.15) is 0 Å². The molecule has 0 aliphatic heterocycles. The van der Waals surface area contributed by atoms with Crippen molar-refractivity contribution in [3.05, 3.63) is 59.4 Å². The van der Waals surface area contributed by atoms with Gasteiger partial charge in [0.15, 0.2) is 0 Å². The standard InChI is InChI=1S/C17H15N3O/c1-10-7-8-19-16(15(10)17(18)21)13-5-6-14-12(9-13)4-3-11(2)20-14/h3-9H,1-2H3,(H2,18,21). The minimum atomic E-state index is -0.460. The predicted octanol–water partition coefficient (Wildman–Crippen LogP) is 3.01. The van der Waals surface area contributed by atoms with E-state index >= 15 is 0 Å². The summed E-state index contributed by atoms with van der Waals surface area (Å²) in [7, 11) is 0. The lowest BCUT2D eigenvalue weighted by atomic mass is 10.00. The van der Waals surface area contributed by atoms with Crippen LogP contribution < -0.4 is 5.73 Å². The van der Waals surface area contributed by atoms with Gasteiger partial charge in [-0.1, -0.05) is 12.1 Å². The summed E-state index contributed by atoms with van der Waals surface area (Å²) in [6.45, 7) is 3.82. The van der Waals surface area contributed by atoms with E-state index in [4.69, 9.17) is 5.73 Å². The summed E-state index contributed by atoms with van der Waals surface area (Å²) in [6.07, 6.45) is 1.69. The summed E-state index contributed by atoms with van der Waals surface area (Å²) in [5.74, 6) is -0.460. The summed E-state index contributed by atoms with van der Waals surface area (Å²) in [5, 5.41) is 1.01. The number of nitrogens with zero attached hydrogens (tertiary/aromatic N) is 2. The highest BCUT2D eigenvalue weighted by molar-refractivity contribution is 6.01. The second kappa shape index (κ2) is 4.98. The first kappa shape index (κ1) is 13.2. The number of nitrogens with two attached hydrogens (primary N) is 1. The Hall–Kier alpha value is -2.75. The van der Waals surface area contributed by atoms with Crippen molar-refractivity contribution in [1.29, 1.82) is 0 Å². The van der Waals surface area contributed by atoms with Crippen molar-refractivity contribution in [2.75, 3.05) is 0 Å². The van der Waals surface area contributed by atoms with Crippen LogP contribution in [0.3, 0.4) is 0 Å². The fraction of sp³-hybridized carbons (Fsp3) is 0.118. The zero-order chi connectivity index (χ0) is 15.0. The van der Waals surface area contributed by atoms with Crippen LogP contribution in [0.2, 0.25) is 0 Å². The van der Waals surface area contributed by atoms with Gasteiger partial charge < -0.3 is 5.73 Å². The van der Waals surface area contributed by atoms with Crippen LogP contribution in [-0.4, -0.2) is 15.9 Å². The van der Waals surface area contributed by atoms with Crippen LogP contribution in [-0.2, 0) is 0 Å². The van der Waals surface area contributed by atoms with Gasteiger partial charge in [-0.25, -0.2) is 0 Å². The summed E-state index contributed by atoms with van der Waals surface area (Å²) < 4.78 is 0. The van der Waals surface area contributed by atoms with Gasteiger partial charge >= 0.3 is 0 Å². The Morgan fingerprint density at radius 3 is 2.67 bits per heavy atom. The fourth-order valence-electron chi connectivity index (χ4n) is 2.46. The van der Waals surface area contributed by atoms with Gasteiger partial charge in [-0.3, -0.25) is 14.8 Å². The van der Waals surface area contributed by atoms with Crippen LogP contribution in [0, 0.1) is 13.8 Å². The third-order valence-corrected chi connectivity index (χ3v) is 3.51. The van der Waals surface area contributed by atoms with E-state index in [9.17, 15) is 4.79 Å². The highest BCUT2D eigenvalue weighted by Gasteiger charge is 2.14. The lowest BCUT2D eigenvalue weighted by molar-refractivity contribution is 0.1000. The molecule has 21 heavy (non-hydrogen) atoms. The van der Waals surface area contributed by atoms with E-state index in [0.717, 1.165) is 27.7 Å². The number of aryl methyl sites for hydroxylation is 2. The van der Waals surface area contributed by atoms with Crippen molar-refractivity contribution in [3.8, 4) is 11.3 Å². The van der Waals surface area contributed by atoms with Crippen molar-refractivity contribution in [2.24, 2.45) is 5.73 Å². The van der Waals surface area contributed by atoms with Crippen LogP contribution in [0.5, 0.6) is 0 Å². The first-order valence-corrected chi connectivity index (χ1v) is 6.69. The van der Waals surface area contributed by atoms with E-state index in [1.54, 1.807) is 12.3 Å². The van der Waals surface area contributed by atoms with Crippen molar-refractivity contribution in [3.63, 3.8) is 0 Å². The smallest absolute Gasteiger partial charge is 0.251 e. The molecule has 0 fully saturated rings. The second-order valence-electron chi connectivity index (χ2n) is 5.08. The van der Waals surface area contributed by atoms with E-state index in [-0.39, 0.29) is 0 Å². The molecular weight excluding hydrogens is 262 g/mol. The quantitative estimate of drug-likeness (QED) is 0.782. The SMILES string of the molecule is Cc1ccc2cc(-c3nccc(C)c3C(N)=O)ccc2n1. The topological polar surface area (TPSA) is 68.9 Å². The number of fused-ring (bicyclic) bond motifs is 1. The van der Waals surface area contributed by atoms with Crippen molar-refractivity contribution in [1.82, 2.24) is 9.97 Å². The molecule has 0 aliphatic rings. The van der Waals surface area contributed by atoms with Crippen LogP contribution in [0.1, 0.15) is 21.6 Å². The van der Waals surface area contributed by atoms with Crippen LogP contribution >= 0.6 is 0 Å². The molecule has 3 aromatic rings. The molecule has 0 spiro atoms. The van der Waals surface area contributed by atoms with Crippen LogP contribution in [0.15, 0.2) is 42.6 Å². The van der Waals surface area contributed by atoms with Gasteiger partial charge in [0.05, 0.1) is 16.8 Å². The van der Waals surface area contributed by atoms with Gasteiger partial charge in [0, 0.05) is 22.8 Å². The normalized spacial score (nSPS) is 10.8. The summed E-state index contributed by atoms with van der Waals surface area (Å²) >= 11 is 0. The van der Waals surface area contributed by atoms with E-state index in [1.165, 1.54) is 0 Å². The maximum atomic E-state index is 11.7. The lowest BCUT2D eigenvalue weighted by Crippen LogP contribution is -2.15. The maximum absolute atomic E-state index is 11.7. The highest BCUT2D eigenvalue weighted by atomic mass is 16.1. The fourth-order valence-corrected chi connectivity index (χ4v) is 2.46. The number of benzene rings is 1. The summed E-state index contributed by atoms with van der Waals surface area (Å²) in [4.78, 5) is 20.5. The number of aromatic nitrogens is 2. The van der Waals surface area contributed by atoms with Gasteiger partial charge in [-0.15, -0.1) is 0 Å². The molecule has 2 aromatic heterocycles. The number of amides is 1. The van der Waals surface area contributed by atoms with E-state index in [2.05, 4.69) is 9.97 Å². The Balaban J connectivity index is 2.24. The van der Waals surface area contributed by atoms with Crippen molar-refractivity contribution < 1.29 is 4.79 Å². The predicted molar refractivity (Wildman–Crippen MR) is 83.0 cm³/mol. The van der Waals surface area contributed by atoms with Crippen LogP contribution in [0.25, 0.3) is 22.2 Å². The Labute approximate surface area is 122 Å². The largest absolute Gasteiger partial charge is 0.366 e. The third kappa shape index (κ3) is 2.36. The molecule has 1 aromatic carbocycles. The second-order valence-corrected chi connectivity index (χ2v) is 5.08. The van der Waals surface area contributed by atoms with Gasteiger partial charge in [0.2, 0.25) is 0 Å². The molecule has 0 saturated heterocycles. The summed E-state index contributed by atoms with van der Waals surface area (Å²) in [6, 6.07) is 11.6. The molecule has 0 saturated carbocycles. The molecule has 0 bridgehead atoms. The molecule has 0 atom stereocenters. The monoisotopic (exact) mass is 277 g/mol. The Morgan fingerprint density at radius 1 is 1.10 bits per heavy atom. The Morgan fingerprint density at radius 2 is 1.90 bits per heavy atom. The lowest BCUT2D eigenvalue weighted by Gasteiger charge is -2.09. The molecule has 0 aliphatic carbocycles. The first-order chi connectivity index (χ1) is 10.1.